The van der Waals surface area contributed by atoms with Crippen molar-refractivity contribution in [3.63, 3.8) is 0 Å². The molecule has 0 bridgehead atoms. The Labute approximate surface area is 144 Å². The molecule has 0 radical (unpaired) electrons. The van der Waals surface area contributed by atoms with E-state index in [1.165, 1.54) is 11.3 Å². The molecule has 3 aromatic rings. The number of benzene rings is 1. The molecule has 3 heterocycles. The minimum atomic E-state index is -0.0691. The molecule has 0 amide bonds. The van der Waals surface area contributed by atoms with Crippen molar-refractivity contribution in [2.24, 2.45) is 4.99 Å². The van der Waals surface area contributed by atoms with E-state index in [1.54, 1.807) is 9.25 Å². The fourth-order valence-corrected chi connectivity index (χ4v) is 4.66. The molecule has 6 nitrogen and oxygen atoms in total. The summed E-state index contributed by atoms with van der Waals surface area (Å²) in [5, 5.41) is 0. The van der Waals surface area contributed by atoms with Crippen LogP contribution in [0.2, 0.25) is 0 Å². The summed E-state index contributed by atoms with van der Waals surface area (Å²) in [5.41, 5.74) is 1.50. The van der Waals surface area contributed by atoms with Gasteiger partial charge in [0.25, 0.3) is 0 Å². The van der Waals surface area contributed by atoms with Crippen molar-refractivity contribution >= 4 is 38.6 Å². The molecular weight excluding hydrogens is 344 g/mol. The summed E-state index contributed by atoms with van der Waals surface area (Å²) < 4.78 is 6.16. The van der Waals surface area contributed by atoms with Gasteiger partial charge in [0.1, 0.15) is 0 Å². The van der Waals surface area contributed by atoms with Crippen LogP contribution in [0.25, 0.3) is 10.2 Å². The van der Waals surface area contributed by atoms with E-state index in [0.29, 0.717) is 10.5 Å². The van der Waals surface area contributed by atoms with Gasteiger partial charge in [0.05, 0.1) is 22.4 Å². The fraction of sp³-hybridized carbons (Fsp3) is 0.312. The van der Waals surface area contributed by atoms with Crippen molar-refractivity contribution in [3.05, 3.63) is 42.3 Å². The van der Waals surface area contributed by atoms with Crippen molar-refractivity contribution in [2.75, 3.05) is 0 Å². The van der Waals surface area contributed by atoms with Gasteiger partial charge in [-0.3, -0.25) is 18.8 Å². The molecule has 1 aliphatic heterocycles. The highest BCUT2D eigenvalue weighted by Crippen LogP contribution is 2.23. The number of terminal acetylenes is 1. The number of hydrogen-bond acceptors (Lipinski definition) is 5. The van der Waals surface area contributed by atoms with Crippen LogP contribution in [0, 0.1) is 12.3 Å². The molecule has 1 aliphatic rings. The minimum Gasteiger partial charge on any atom is -0.287 e. The van der Waals surface area contributed by atoms with Gasteiger partial charge in [0, 0.05) is 13.1 Å². The molecule has 122 valence electrons. The summed E-state index contributed by atoms with van der Waals surface area (Å²) in [4.78, 5) is 29.3. The third-order valence-electron chi connectivity index (χ3n) is 4.02. The minimum absolute atomic E-state index is 0.0225. The van der Waals surface area contributed by atoms with Crippen LogP contribution in [0.1, 0.15) is 12.8 Å². The second kappa shape index (κ2) is 5.92. The SMILES string of the molecule is C#CCn1c(=O)sc2ccc(N=c3sc(=O)n4n3CCCC4)cc21. The number of hydrogen-bond donors (Lipinski definition) is 0. The molecule has 0 atom stereocenters. The number of rotatable bonds is 2. The van der Waals surface area contributed by atoms with Crippen LogP contribution >= 0.6 is 22.7 Å². The highest BCUT2D eigenvalue weighted by molar-refractivity contribution is 7.16. The van der Waals surface area contributed by atoms with Gasteiger partial charge in [-0.1, -0.05) is 17.3 Å². The first-order chi connectivity index (χ1) is 11.7. The highest BCUT2D eigenvalue weighted by Gasteiger charge is 2.13. The lowest BCUT2D eigenvalue weighted by molar-refractivity contribution is 0.345. The van der Waals surface area contributed by atoms with Crippen molar-refractivity contribution in [1.29, 1.82) is 0 Å². The smallest absolute Gasteiger partial charge is 0.287 e. The third-order valence-corrected chi connectivity index (χ3v) is 5.85. The molecular formula is C16H14N4O2S2. The Balaban J connectivity index is 1.89. The van der Waals surface area contributed by atoms with Gasteiger partial charge < -0.3 is 0 Å². The first-order valence-electron chi connectivity index (χ1n) is 7.60. The van der Waals surface area contributed by atoms with E-state index in [1.807, 2.05) is 22.9 Å². The lowest BCUT2D eigenvalue weighted by atomic mass is 10.3. The monoisotopic (exact) mass is 358 g/mol. The number of nitrogens with zero attached hydrogens (tertiary/aromatic N) is 4. The molecule has 0 saturated carbocycles. The second-order valence-electron chi connectivity index (χ2n) is 5.53. The number of thiazole rings is 1. The van der Waals surface area contributed by atoms with Gasteiger partial charge in [0.2, 0.25) is 4.80 Å². The zero-order chi connectivity index (χ0) is 16.7. The Morgan fingerprint density at radius 3 is 2.71 bits per heavy atom. The van der Waals surface area contributed by atoms with Crippen LogP contribution in [-0.4, -0.2) is 13.9 Å². The highest BCUT2D eigenvalue weighted by atomic mass is 32.1. The molecule has 0 unspecified atom stereocenters. The van der Waals surface area contributed by atoms with Crippen LogP contribution in [0.3, 0.4) is 0 Å². The third kappa shape index (κ3) is 2.46. The molecule has 0 saturated heterocycles. The average molecular weight is 358 g/mol. The van der Waals surface area contributed by atoms with Crippen LogP contribution in [0.4, 0.5) is 5.69 Å². The van der Waals surface area contributed by atoms with E-state index in [2.05, 4.69) is 10.9 Å². The summed E-state index contributed by atoms with van der Waals surface area (Å²) in [6, 6.07) is 5.60. The average Bonchev–Trinajstić information content (AvgIpc) is 3.06. The molecule has 0 aliphatic carbocycles. The zero-order valence-electron chi connectivity index (χ0n) is 12.8. The Hall–Kier alpha value is -2.37. The topological polar surface area (TPSA) is 61.3 Å². The van der Waals surface area contributed by atoms with Crippen molar-refractivity contribution in [3.8, 4) is 12.3 Å². The van der Waals surface area contributed by atoms with Crippen molar-refractivity contribution in [1.82, 2.24) is 13.9 Å². The van der Waals surface area contributed by atoms with Gasteiger partial charge in [-0.25, -0.2) is 9.67 Å². The summed E-state index contributed by atoms with van der Waals surface area (Å²) in [7, 11) is 0. The molecule has 8 heteroatoms. The van der Waals surface area contributed by atoms with E-state index >= 15 is 0 Å². The quantitative estimate of drug-likeness (QED) is 0.655. The maximum absolute atomic E-state index is 12.1. The molecule has 0 N–H and O–H groups in total. The normalized spacial score (nSPS) is 14.7. The lowest BCUT2D eigenvalue weighted by Gasteiger charge is -2.15. The standard InChI is InChI=1S/C16H14N4O2S2/c1-2-7-18-12-10-11(5-6-13(12)23-15(18)21)17-14-19-8-3-4-9-20(19)16(22)24-14/h1,5-6,10H,3-4,7-9H2. The summed E-state index contributed by atoms with van der Waals surface area (Å²) >= 11 is 2.33. The van der Waals surface area contributed by atoms with Crippen LogP contribution in [0.5, 0.6) is 0 Å². The second-order valence-corrected chi connectivity index (χ2v) is 7.44. The van der Waals surface area contributed by atoms with Gasteiger partial charge in [-0.2, -0.15) is 0 Å². The van der Waals surface area contributed by atoms with Crippen LogP contribution in [-0.2, 0) is 19.6 Å². The summed E-state index contributed by atoms with van der Waals surface area (Å²) in [6.07, 6.45) is 7.43. The lowest BCUT2D eigenvalue weighted by Crippen LogP contribution is -2.31. The Morgan fingerprint density at radius 1 is 1.12 bits per heavy atom. The molecule has 24 heavy (non-hydrogen) atoms. The van der Waals surface area contributed by atoms with Gasteiger partial charge in [-0.15, -0.1) is 6.42 Å². The van der Waals surface area contributed by atoms with E-state index < -0.39 is 0 Å². The van der Waals surface area contributed by atoms with E-state index in [-0.39, 0.29) is 16.3 Å². The van der Waals surface area contributed by atoms with E-state index in [4.69, 9.17) is 6.42 Å². The molecule has 0 fully saturated rings. The molecule has 0 spiro atoms. The Morgan fingerprint density at radius 2 is 1.92 bits per heavy atom. The molecule has 4 rings (SSSR count). The summed E-state index contributed by atoms with van der Waals surface area (Å²) in [6.45, 7) is 1.79. The van der Waals surface area contributed by atoms with Crippen molar-refractivity contribution < 1.29 is 0 Å². The van der Waals surface area contributed by atoms with Crippen LogP contribution in [0.15, 0.2) is 32.8 Å². The maximum Gasteiger partial charge on any atom is 0.325 e. The van der Waals surface area contributed by atoms with Crippen molar-refractivity contribution in [2.45, 2.75) is 32.5 Å². The summed E-state index contributed by atoms with van der Waals surface area (Å²) in [5.74, 6) is 2.51. The molecule has 1 aromatic carbocycles. The first-order valence-corrected chi connectivity index (χ1v) is 9.23. The first kappa shape index (κ1) is 15.2. The van der Waals surface area contributed by atoms with E-state index in [0.717, 1.165) is 47.5 Å². The predicted octanol–water partition coefficient (Wildman–Crippen LogP) is 1.75. The van der Waals surface area contributed by atoms with Crippen LogP contribution < -0.4 is 14.5 Å². The maximum atomic E-state index is 12.1. The number of fused-ring (bicyclic) bond motifs is 2. The van der Waals surface area contributed by atoms with Gasteiger partial charge >= 0.3 is 9.75 Å². The molecule has 2 aromatic heterocycles. The Kier molecular flexibility index (Phi) is 3.75. The van der Waals surface area contributed by atoms with Gasteiger partial charge in [-0.05, 0) is 42.4 Å². The Bertz CT molecular complexity index is 1150. The fourth-order valence-electron chi connectivity index (χ4n) is 2.89. The number of aromatic nitrogens is 3. The predicted molar refractivity (Wildman–Crippen MR) is 95.9 cm³/mol. The van der Waals surface area contributed by atoms with Gasteiger partial charge in [0.15, 0.2) is 0 Å². The largest absolute Gasteiger partial charge is 0.325 e. The van der Waals surface area contributed by atoms with E-state index in [9.17, 15) is 9.59 Å². The zero-order valence-corrected chi connectivity index (χ0v) is 14.4.